The van der Waals surface area contributed by atoms with Crippen LogP contribution in [0.3, 0.4) is 0 Å². The molecule has 2 aliphatic heterocycles. The highest BCUT2D eigenvalue weighted by Crippen LogP contribution is 2.34. The lowest BCUT2D eigenvalue weighted by Gasteiger charge is -2.33. The van der Waals surface area contributed by atoms with E-state index in [0.717, 1.165) is 18.3 Å². The van der Waals surface area contributed by atoms with Crippen molar-refractivity contribution in [3.63, 3.8) is 0 Å². The van der Waals surface area contributed by atoms with Crippen LogP contribution in [0.15, 0.2) is 40.7 Å². The summed E-state index contributed by atoms with van der Waals surface area (Å²) in [5.74, 6) is -2.15. The number of amides is 1. The third-order valence-corrected chi connectivity index (χ3v) is 3.70. The predicted molar refractivity (Wildman–Crippen MR) is 77.9 cm³/mol. The molecule has 128 valence electrons. The molecule has 9 heteroatoms. The SMILES string of the molecule is N[C@H]1CC2=C(N=CC(O)(Oc3cccc(C(F)(F)F)c3)C2)NC1=O. The van der Waals surface area contributed by atoms with E-state index in [1.165, 1.54) is 12.1 Å². The number of alkyl halides is 3. The van der Waals surface area contributed by atoms with E-state index in [0.29, 0.717) is 11.4 Å². The number of hydrogen-bond acceptors (Lipinski definition) is 5. The van der Waals surface area contributed by atoms with E-state index in [2.05, 4.69) is 10.3 Å². The second-order valence-corrected chi connectivity index (χ2v) is 5.66. The smallest absolute Gasteiger partial charge is 0.416 e. The number of rotatable bonds is 2. The molecular formula is C15H14F3N3O3. The average molecular weight is 341 g/mol. The number of nitrogens with one attached hydrogen (secondary N) is 1. The van der Waals surface area contributed by atoms with Gasteiger partial charge in [-0.25, -0.2) is 4.99 Å². The van der Waals surface area contributed by atoms with E-state index in [9.17, 15) is 23.1 Å². The highest BCUT2D eigenvalue weighted by molar-refractivity contribution is 5.86. The lowest BCUT2D eigenvalue weighted by atomic mass is 9.94. The number of ether oxygens (including phenoxy) is 1. The Balaban J connectivity index is 1.80. The number of carbonyl (C=O) groups is 1. The molecule has 1 amide bonds. The van der Waals surface area contributed by atoms with Gasteiger partial charge in [0.2, 0.25) is 11.7 Å². The highest BCUT2D eigenvalue weighted by atomic mass is 19.4. The van der Waals surface area contributed by atoms with Gasteiger partial charge in [-0.1, -0.05) is 6.07 Å². The zero-order valence-corrected chi connectivity index (χ0v) is 12.3. The van der Waals surface area contributed by atoms with Gasteiger partial charge in [0, 0.05) is 6.42 Å². The van der Waals surface area contributed by atoms with Gasteiger partial charge >= 0.3 is 6.18 Å². The van der Waals surface area contributed by atoms with Gasteiger partial charge in [0.25, 0.3) is 0 Å². The van der Waals surface area contributed by atoms with Crippen LogP contribution < -0.4 is 15.8 Å². The summed E-state index contributed by atoms with van der Waals surface area (Å²) in [5.41, 5.74) is 5.33. The quantitative estimate of drug-likeness (QED) is 0.707. The van der Waals surface area contributed by atoms with Crippen LogP contribution in [0.25, 0.3) is 0 Å². The van der Waals surface area contributed by atoms with E-state index in [1.807, 2.05) is 0 Å². The summed E-state index contributed by atoms with van der Waals surface area (Å²) in [7, 11) is 0. The van der Waals surface area contributed by atoms with Crippen molar-refractivity contribution in [1.82, 2.24) is 5.32 Å². The summed E-state index contributed by atoms with van der Waals surface area (Å²) in [5, 5.41) is 13.0. The molecule has 1 aromatic carbocycles. The fraction of sp³-hybridized carbons (Fsp3) is 0.333. The van der Waals surface area contributed by atoms with E-state index in [1.54, 1.807) is 0 Å². The normalized spacial score (nSPS) is 26.9. The maximum atomic E-state index is 12.7. The lowest BCUT2D eigenvalue weighted by molar-refractivity contribution is -0.138. The van der Waals surface area contributed by atoms with E-state index < -0.39 is 23.6 Å². The standard InChI is InChI=1S/C15H14F3N3O3/c16-15(17,18)9-2-1-3-10(5-9)24-14(23)6-8-4-11(19)13(22)21-12(8)20-7-14/h1-3,5,7,11,23H,4,6,19H2,(H,21,22)/t11-,14?/m0/s1. The van der Waals surface area contributed by atoms with Gasteiger partial charge < -0.3 is 20.9 Å². The van der Waals surface area contributed by atoms with Gasteiger partial charge in [-0.05, 0) is 30.2 Å². The molecule has 3 rings (SSSR count). The molecule has 2 atom stereocenters. The molecule has 0 saturated carbocycles. The lowest BCUT2D eigenvalue weighted by Crippen LogP contribution is -2.48. The first-order valence-corrected chi connectivity index (χ1v) is 7.09. The third kappa shape index (κ3) is 3.26. The molecule has 2 heterocycles. The summed E-state index contributed by atoms with van der Waals surface area (Å²) < 4.78 is 43.5. The summed E-state index contributed by atoms with van der Waals surface area (Å²) in [6.45, 7) is 0. The van der Waals surface area contributed by atoms with E-state index in [4.69, 9.17) is 10.5 Å². The minimum atomic E-state index is -4.52. The number of halogens is 3. The molecule has 2 aliphatic rings. The van der Waals surface area contributed by atoms with Crippen LogP contribution in [0.4, 0.5) is 13.2 Å². The van der Waals surface area contributed by atoms with Crippen molar-refractivity contribution in [2.75, 3.05) is 0 Å². The Labute approximate surface area is 134 Å². The first-order chi connectivity index (χ1) is 11.2. The molecule has 0 aliphatic carbocycles. The zero-order valence-electron chi connectivity index (χ0n) is 12.3. The Kier molecular flexibility index (Phi) is 3.84. The number of benzene rings is 1. The number of aliphatic hydroxyl groups is 1. The van der Waals surface area contributed by atoms with Crippen LogP contribution in [0, 0.1) is 0 Å². The van der Waals surface area contributed by atoms with Crippen LogP contribution in [0.2, 0.25) is 0 Å². The first kappa shape index (κ1) is 16.5. The number of nitrogens with zero attached hydrogens (tertiary/aromatic N) is 1. The molecule has 4 N–H and O–H groups in total. The molecule has 1 unspecified atom stereocenters. The van der Waals surface area contributed by atoms with Gasteiger partial charge in [0.05, 0.1) is 17.8 Å². The minimum absolute atomic E-state index is 0.0595. The van der Waals surface area contributed by atoms with Gasteiger partial charge in [0.15, 0.2) is 0 Å². The van der Waals surface area contributed by atoms with Crippen LogP contribution in [-0.2, 0) is 11.0 Å². The number of hydrogen-bond donors (Lipinski definition) is 3. The monoisotopic (exact) mass is 341 g/mol. The second kappa shape index (κ2) is 5.60. The summed E-state index contributed by atoms with van der Waals surface area (Å²) in [6.07, 6.45) is -3.34. The Morgan fingerprint density at radius 1 is 1.42 bits per heavy atom. The van der Waals surface area contributed by atoms with E-state index in [-0.39, 0.29) is 24.5 Å². The fourth-order valence-corrected chi connectivity index (χ4v) is 2.55. The fourth-order valence-electron chi connectivity index (χ4n) is 2.55. The van der Waals surface area contributed by atoms with Crippen LogP contribution >= 0.6 is 0 Å². The first-order valence-electron chi connectivity index (χ1n) is 7.09. The van der Waals surface area contributed by atoms with Gasteiger partial charge in [-0.2, -0.15) is 13.2 Å². The van der Waals surface area contributed by atoms with Crippen molar-refractivity contribution in [3.05, 3.63) is 41.2 Å². The maximum Gasteiger partial charge on any atom is 0.416 e. The van der Waals surface area contributed by atoms with Crippen molar-refractivity contribution < 1.29 is 27.8 Å². The molecule has 0 saturated heterocycles. The number of carbonyl (C=O) groups excluding carboxylic acids is 1. The summed E-state index contributed by atoms with van der Waals surface area (Å²) in [4.78, 5) is 15.4. The third-order valence-electron chi connectivity index (χ3n) is 3.70. The van der Waals surface area contributed by atoms with Crippen LogP contribution in [0.1, 0.15) is 18.4 Å². The molecule has 0 fully saturated rings. The molecule has 0 aromatic heterocycles. The Hall–Kier alpha value is -2.39. The topological polar surface area (TPSA) is 96.9 Å². The van der Waals surface area contributed by atoms with Crippen molar-refractivity contribution in [1.29, 1.82) is 0 Å². The molecule has 1 aromatic rings. The number of nitrogens with two attached hydrogens (primary N) is 1. The average Bonchev–Trinajstić information content (AvgIpc) is 2.48. The zero-order chi connectivity index (χ0) is 17.5. The minimum Gasteiger partial charge on any atom is -0.457 e. The second-order valence-electron chi connectivity index (χ2n) is 5.66. The van der Waals surface area contributed by atoms with Crippen molar-refractivity contribution in [3.8, 4) is 5.75 Å². The van der Waals surface area contributed by atoms with Crippen molar-refractivity contribution in [2.24, 2.45) is 10.7 Å². The largest absolute Gasteiger partial charge is 0.457 e. The van der Waals surface area contributed by atoms with E-state index >= 15 is 0 Å². The maximum absolute atomic E-state index is 12.7. The summed E-state index contributed by atoms with van der Waals surface area (Å²) >= 11 is 0. The Bertz CT molecular complexity index is 745. The predicted octanol–water partition coefficient (Wildman–Crippen LogP) is 1.31. The number of aliphatic imine (C=N–C) groups is 1. The van der Waals surface area contributed by atoms with Crippen molar-refractivity contribution >= 4 is 12.1 Å². The molecule has 24 heavy (non-hydrogen) atoms. The molecule has 0 bridgehead atoms. The molecule has 0 radical (unpaired) electrons. The van der Waals surface area contributed by atoms with Crippen molar-refractivity contribution in [2.45, 2.75) is 30.8 Å². The Morgan fingerprint density at radius 3 is 2.88 bits per heavy atom. The van der Waals surface area contributed by atoms with Gasteiger partial charge in [0.1, 0.15) is 11.6 Å². The summed E-state index contributed by atoms with van der Waals surface area (Å²) in [6, 6.07) is 3.42. The Morgan fingerprint density at radius 2 is 2.17 bits per heavy atom. The van der Waals surface area contributed by atoms with Crippen LogP contribution in [-0.4, -0.2) is 29.1 Å². The molecule has 6 nitrogen and oxygen atoms in total. The molecule has 0 spiro atoms. The van der Waals surface area contributed by atoms with Gasteiger partial charge in [-0.15, -0.1) is 0 Å². The molecular weight excluding hydrogens is 327 g/mol. The highest BCUT2D eigenvalue weighted by Gasteiger charge is 2.38. The van der Waals surface area contributed by atoms with Crippen LogP contribution in [0.5, 0.6) is 5.75 Å². The van der Waals surface area contributed by atoms with Gasteiger partial charge in [-0.3, -0.25) is 4.79 Å².